The lowest BCUT2D eigenvalue weighted by atomic mass is 10.3. The van der Waals surface area contributed by atoms with Crippen LogP contribution in [0, 0.1) is 0 Å². The Labute approximate surface area is 115 Å². The Bertz CT molecular complexity index is 571. The van der Waals surface area contributed by atoms with Crippen molar-refractivity contribution >= 4 is 39.1 Å². The van der Waals surface area contributed by atoms with E-state index in [9.17, 15) is 9.59 Å². The Hall–Kier alpha value is -1.73. The van der Waals surface area contributed by atoms with Gasteiger partial charge in [0.2, 0.25) is 0 Å². The van der Waals surface area contributed by atoms with Gasteiger partial charge < -0.3 is 0 Å². The van der Waals surface area contributed by atoms with Crippen LogP contribution in [0.25, 0.3) is 0 Å². The maximum Gasteiger partial charge on any atom is 0.279 e. The number of aromatic nitrogens is 1. The van der Waals surface area contributed by atoms with E-state index in [4.69, 9.17) is 0 Å². The van der Waals surface area contributed by atoms with E-state index in [1.807, 2.05) is 0 Å². The Morgan fingerprint density at radius 3 is 2.67 bits per heavy atom. The second-order valence-electron chi connectivity index (χ2n) is 3.28. The van der Waals surface area contributed by atoms with Crippen LogP contribution in [-0.2, 0) is 0 Å². The van der Waals surface area contributed by atoms with E-state index in [1.54, 1.807) is 29.8 Å². The van der Waals surface area contributed by atoms with Gasteiger partial charge in [-0.15, -0.1) is 11.3 Å². The molecule has 0 unspecified atom stereocenters. The highest BCUT2D eigenvalue weighted by Crippen LogP contribution is 2.19. The number of carbonyl (C=O) groups excluding carboxylic acids is 2. The summed E-state index contributed by atoms with van der Waals surface area (Å²) in [5.74, 6) is -0.769. The van der Waals surface area contributed by atoms with Crippen LogP contribution < -0.4 is 10.9 Å². The number of thiophene rings is 1. The molecule has 2 aromatic heterocycles. The molecule has 0 bridgehead atoms. The normalized spacial score (nSPS) is 9.83. The van der Waals surface area contributed by atoms with Crippen molar-refractivity contribution in [3.8, 4) is 0 Å². The lowest BCUT2D eigenvalue weighted by Gasteiger charge is -2.05. The number of halogens is 1. The molecule has 0 atom stereocenters. The summed E-state index contributed by atoms with van der Waals surface area (Å²) < 4.78 is 0.830. The van der Waals surface area contributed by atoms with E-state index in [0.29, 0.717) is 10.4 Å². The van der Waals surface area contributed by atoms with Crippen LogP contribution >= 0.6 is 27.3 Å². The molecule has 2 N–H and O–H groups in total. The van der Waals surface area contributed by atoms with Crippen molar-refractivity contribution in [3.05, 3.63) is 50.9 Å². The summed E-state index contributed by atoms with van der Waals surface area (Å²) in [4.78, 5) is 27.6. The first-order valence-corrected chi connectivity index (χ1v) is 6.59. The molecule has 0 spiro atoms. The predicted molar refractivity (Wildman–Crippen MR) is 71.2 cm³/mol. The summed E-state index contributed by atoms with van der Waals surface area (Å²) in [6.45, 7) is 0. The standard InChI is InChI=1S/C11H8BrN3O2S/c12-8-4-9(18-6-8)11(17)15-14-10(16)7-2-1-3-13-5-7/h1-6H,(H,14,16)(H,15,17). The highest BCUT2D eigenvalue weighted by Gasteiger charge is 2.10. The molecular formula is C11H8BrN3O2S. The molecule has 5 nitrogen and oxygen atoms in total. The van der Waals surface area contributed by atoms with E-state index in [2.05, 4.69) is 31.8 Å². The summed E-state index contributed by atoms with van der Waals surface area (Å²) in [6, 6.07) is 4.93. The first-order chi connectivity index (χ1) is 8.66. The molecule has 92 valence electrons. The molecular weight excluding hydrogens is 318 g/mol. The summed E-state index contributed by atoms with van der Waals surface area (Å²) in [6.07, 6.45) is 2.99. The number of rotatable bonds is 2. The number of amides is 2. The molecule has 2 heterocycles. The first kappa shape index (κ1) is 12.7. The number of carbonyl (C=O) groups is 2. The summed E-state index contributed by atoms with van der Waals surface area (Å²) in [7, 11) is 0. The maximum absolute atomic E-state index is 11.6. The maximum atomic E-state index is 11.6. The largest absolute Gasteiger partial charge is 0.279 e. The SMILES string of the molecule is O=C(NNC(=O)c1cc(Br)cs1)c1cccnc1. The number of nitrogens with zero attached hydrogens (tertiary/aromatic N) is 1. The quantitative estimate of drug-likeness (QED) is 0.829. The first-order valence-electron chi connectivity index (χ1n) is 4.91. The van der Waals surface area contributed by atoms with E-state index in [0.717, 1.165) is 4.47 Å². The van der Waals surface area contributed by atoms with Gasteiger partial charge in [0.25, 0.3) is 11.8 Å². The van der Waals surface area contributed by atoms with Gasteiger partial charge in [0.1, 0.15) is 0 Å². The lowest BCUT2D eigenvalue weighted by Crippen LogP contribution is -2.41. The third kappa shape index (κ3) is 3.14. The number of hydrogen-bond acceptors (Lipinski definition) is 4. The van der Waals surface area contributed by atoms with E-state index < -0.39 is 5.91 Å². The minimum Gasteiger partial charge on any atom is -0.267 e. The molecule has 18 heavy (non-hydrogen) atoms. The zero-order valence-corrected chi connectivity index (χ0v) is 11.4. The molecule has 0 aromatic carbocycles. The molecule has 2 rings (SSSR count). The summed E-state index contributed by atoms with van der Waals surface area (Å²) >= 11 is 4.53. The fourth-order valence-electron chi connectivity index (χ4n) is 1.18. The third-order valence-electron chi connectivity index (χ3n) is 2.00. The monoisotopic (exact) mass is 325 g/mol. The number of hydrazine groups is 1. The average molecular weight is 326 g/mol. The van der Waals surface area contributed by atoms with Gasteiger partial charge in [-0.2, -0.15) is 0 Å². The number of nitrogens with one attached hydrogen (secondary N) is 2. The number of hydrogen-bond donors (Lipinski definition) is 2. The predicted octanol–water partition coefficient (Wildman–Crippen LogP) is 1.98. The fraction of sp³-hybridized carbons (Fsp3) is 0. The van der Waals surface area contributed by atoms with Crippen molar-refractivity contribution < 1.29 is 9.59 Å². The highest BCUT2D eigenvalue weighted by atomic mass is 79.9. The second-order valence-corrected chi connectivity index (χ2v) is 5.11. The van der Waals surface area contributed by atoms with Gasteiger partial charge in [0.15, 0.2) is 0 Å². The van der Waals surface area contributed by atoms with Crippen LogP contribution in [-0.4, -0.2) is 16.8 Å². The molecule has 0 fully saturated rings. The summed E-state index contributed by atoms with van der Waals surface area (Å²) in [5, 5.41) is 1.79. The van der Waals surface area contributed by atoms with Gasteiger partial charge in [-0.05, 0) is 34.1 Å². The van der Waals surface area contributed by atoms with Crippen LogP contribution in [0.15, 0.2) is 40.4 Å². The van der Waals surface area contributed by atoms with Crippen molar-refractivity contribution in [2.45, 2.75) is 0 Å². The van der Waals surface area contributed by atoms with Crippen molar-refractivity contribution in [1.29, 1.82) is 0 Å². The molecule has 0 radical (unpaired) electrons. The topological polar surface area (TPSA) is 71.1 Å². The van der Waals surface area contributed by atoms with Gasteiger partial charge in [-0.25, -0.2) is 0 Å². The molecule has 0 aliphatic carbocycles. The highest BCUT2D eigenvalue weighted by molar-refractivity contribution is 9.10. The Balaban J connectivity index is 1.92. The minimum absolute atomic E-state index is 0.358. The Kier molecular flexibility index (Phi) is 4.06. The van der Waals surface area contributed by atoms with Crippen LogP contribution in [0.4, 0.5) is 0 Å². The van der Waals surface area contributed by atoms with Crippen LogP contribution in [0.5, 0.6) is 0 Å². The van der Waals surface area contributed by atoms with Crippen molar-refractivity contribution in [3.63, 3.8) is 0 Å². The summed E-state index contributed by atoms with van der Waals surface area (Å²) in [5.41, 5.74) is 5.03. The molecule has 0 saturated heterocycles. The van der Waals surface area contributed by atoms with Crippen LogP contribution in [0.1, 0.15) is 20.0 Å². The van der Waals surface area contributed by atoms with Gasteiger partial charge in [0.05, 0.1) is 10.4 Å². The molecule has 0 aliphatic rings. The lowest BCUT2D eigenvalue weighted by molar-refractivity contribution is 0.0848. The van der Waals surface area contributed by atoms with E-state index in [1.165, 1.54) is 17.5 Å². The zero-order chi connectivity index (χ0) is 13.0. The average Bonchev–Trinajstić information content (AvgIpc) is 2.83. The number of pyridine rings is 1. The van der Waals surface area contributed by atoms with Gasteiger partial charge in [-0.1, -0.05) is 0 Å². The molecule has 2 amide bonds. The zero-order valence-electron chi connectivity index (χ0n) is 9.01. The molecule has 2 aromatic rings. The minimum atomic E-state index is -0.410. The van der Waals surface area contributed by atoms with Crippen LogP contribution in [0.2, 0.25) is 0 Å². The van der Waals surface area contributed by atoms with E-state index in [-0.39, 0.29) is 5.91 Å². The van der Waals surface area contributed by atoms with E-state index >= 15 is 0 Å². The molecule has 0 aliphatic heterocycles. The van der Waals surface area contributed by atoms with Crippen molar-refractivity contribution in [2.24, 2.45) is 0 Å². The van der Waals surface area contributed by atoms with Gasteiger partial charge in [-0.3, -0.25) is 25.4 Å². The fourth-order valence-corrected chi connectivity index (χ4v) is 2.50. The Morgan fingerprint density at radius 2 is 2.06 bits per heavy atom. The van der Waals surface area contributed by atoms with Crippen molar-refractivity contribution in [2.75, 3.05) is 0 Å². The third-order valence-corrected chi connectivity index (χ3v) is 3.69. The second kappa shape index (κ2) is 5.74. The Morgan fingerprint density at radius 1 is 1.28 bits per heavy atom. The van der Waals surface area contributed by atoms with Crippen LogP contribution in [0.3, 0.4) is 0 Å². The van der Waals surface area contributed by atoms with Crippen molar-refractivity contribution in [1.82, 2.24) is 15.8 Å². The molecule has 7 heteroatoms. The van der Waals surface area contributed by atoms with Gasteiger partial charge in [0, 0.05) is 22.2 Å². The van der Waals surface area contributed by atoms with Gasteiger partial charge >= 0.3 is 0 Å². The molecule has 0 saturated carbocycles. The smallest absolute Gasteiger partial charge is 0.267 e.